The van der Waals surface area contributed by atoms with Crippen molar-refractivity contribution in [3.05, 3.63) is 0 Å². The number of aliphatic hydroxyl groups excluding tert-OH is 1. The lowest BCUT2D eigenvalue weighted by atomic mass is 9.44. The molecule has 0 saturated heterocycles. The summed E-state index contributed by atoms with van der Waals surface area (Å²) >= 11 is 0. The zero-order valence-electron chi connectivity index (χ0n) is 17.1. The average Bonchev–Trinajstić information content (AvgIpc) is 2.96. The highest BCUT2D eigenvalue weighted by Crippen LogP contribution is 2.68. The van der Waals surface area contributed by atoms with Crippen LogP contribution in [0.2, 0.25) is 0 Å². The van der Waals surface area contributed by atoms with Crippen LogP contribution in [-0.2, 0) is 0 Å². The van der Waals surface area contributed by atoms with Gasteiger partial charge in [-0.3, -0.25) is 0 Å². The predicted octanol–water partition coefficient (Wildman–Crippen LogP) is 6.44. The summed E-state index contributed by atoms with van der Waals surface area (Å²) < 4.78 is 0. The Morgan fingerprint density at radius 2 is 1.68 bits per heavy atom. The van der Waals surface area contributed by atoms with Gasteiger partial charge in [0, 0.05) is 6.61 Å². The van der Waals surface area contributed by atoms with Crippen molar-refractivity contribution in [2.24, 2.45) is 46.3 Å². The first-order valence-corrected chi connectivity index (χ1v) is 11.6. The Morgan fingerprint density at radius 3 is 2.48 bits per heavy atom. The van der Waals surface area contributed by atoms with E-state index >= 15 is 0 Å². The maximum Gasteiger partial charge on any atom is 0.0431 e. The van der Waals surface area contributed by atoms with E-state index in [1.807, 2.05) is 0 Å². The molecule has 4 fully saturated rings. The molecule has 1 heteroatoms. The molecule has 4 aliphatic rings. The Kier molecular flexibility index (Phi) is 5.02. The first kappa shape index (κ1) is 18.3. The van der Waals surface area contributed by atoms with Gasteiger partial charge >= 0.3 is 0 Å². The van der Waals surface area contributed by atoms with E-state index in [0.717, 1.165) is 41.9 Å². The first-order valence-electron chi connectivity index (χ1n) is 11.6. The van der Waals surface area contributed by atoms with Crippen LogP contribution < -0.4 is 0 Å². The smallest absolute Gasteiger partial charge is 0.0431 e. The predicted molar refractivity (Wildman–Crippen MR) is 105 cm³/mol. The minimum absolute atomic E-state index is 0.377. The van der Waals surface area contributed by atoms with Gasteiger partial charge in [-0.1, -0.05) is 33.6 Å². The molecule has 0 bridgehead atoms. The molecule has 8 atom stereocenters. The van der Waals surface area contributed by atoms with Crippen molar-refractivity contribution in [2.75, 3.05) is 6.61 Å². The van der Waals surface area contributed by atoms with Crippen LogP contribution in [-0.4, -0.2) is 11.7 Å². The molecular formula is C24H42O. The van der Waals surface area contributed by atoms with Gasteiger partial charge in [0.2, 0.25) is 0 Å². The van der Waals surface area contributed by atoms with Crippen molar-refractivity contribution < 1.29 is 5.11 Å². The van der Waals surface area contributed by atoms with Crippen molar-refractivity contribution in [2.45, 2.75) is 97.8 Å². The molecule has 144 valence electrons. The number of hydrogen-bond acceptors (Lipinski definition) is 1. The highest BCUT2D eigenvalue weighted by Gasteiger charge is 2.59. The van der Waals surface area contributed by atoms with Crippen LogP contribution in [0.5, 0.6) is 0 Å². The summed E-state index contributed by atoms with van der Waals surface area (Å²) in [6.07, 6.45) is 17.4. The average molecular weight is 347 g/mol. The van der Waals surface area contributed by atoms with Gasteiger partial charge in [-0.05, 0) is 111 Å². The number of rotatable bonds is 4. The molecule has 4 saturated carbocycles. The second-order valence-corrected chi connectivity index (χ2v) is 11.0. The van der Waals surface area contributed by atoms with Gasteiger partial charge < -0.3 is 5.11 Å². The number of hydrogen-bond donors (Lipinski definition) is 1. The highest BCUT2D eigenvalue weighted by molar-refractivity contribution is 5.09. The minimum Gasteiger partial charge on any atom is -0.396 e. The third kappa shape index (κ3) is 2.82. The second kappa shape index (κ2) is 6.84. The van der Waals surface area contributed by atoms with Gasteiger partial charge in [-0.2, -0.15) is 0 Å². The summed E-state index contributed by atoms with van der Waals surface area (Å²) in [5.41, 5.74) is 1.29. The Hall–Kier alpha value is -0.0400. The van der Waals surface area contributed by atoms with Crippen LogP contribution in [0, 0.1) is 46.3 Å². The van der Waals surface area contributed by atoms with Gasteiger partial charge in [-0.15, -0.1) is 0 Å². The van der Waals surface area contributed by atoms with E-state index in [1.54, 1.807) is 6.42 Å². The van der Waals surface area contributed by atoms with Crippen molar-refractivity contribution in [3.63, 3.8) is 0 Å². The minimum atomic E-state index is 0.377. The summed E-state index contributed by atoms with van der Waals surface area (Å²) in [5, 5.41) is 9.25. The van der Waals surface area contributed by atoms with E-state index in [0.29, 0.717) is 17.4 Å². The molecule has 1 nitrogen and oxygen atoms in total. The van der Waals surface area contributed by atoms with Crippen LogP contribution in [0.25, 0.3) is 0 Å². The highest BCUT2D eigenvalue weighted by atomic mass is 16.2. The molecule has 4 rings (SSSR count). The van der Waals surface area contributed by atoms with E-state index in [-0.39, 0.29) is 0 Å². The van der Waals surface area contributed by atoms with Crippen molar-refractivity contribution >= 4 is 0 Å². The maximum absolute atomic E-state index is 9.25. The standard InChI is InChI=1S/C24H42O/c1-17(7-6-16-25)20-11-12-21-19-10-9-18-8-4-5-14-23(18,2)22(19)13-15-24(20,21)3/h17-22,25H,4-16H2,1-3H3/t17?,18-,19-,20?,21-,22-,23-,24+/m0/s1. The second-order valence-electron chi connectivity index (χ2n) is 11.0. The van der Waals surface area contributed by atoms with Gasteiger partial charge in [0.05, 0.1) is 0 Å². The van der Waals surface area contributed by atoms with Crippen LogP contribution in [0.1, 0.15) is 97.8 Å². The van der Waals surface area contributed by atoms with Crippen molar-refractivity contribution in [1.82, 2.24) is 0 Å². The fraction of sp³-hybridized carbons (Fsp3) is 1.00. The van der Waals surface area contributed by atoms with Crippen LogP contribution in [0.3, 0.4) is 0 Å². The third-order valence-corrected chi connectivity index (χ3v) is 10.2. The maximum atomic E-state index is 9.25. The van der Waals surface area contributed by atoms with Gasteiger partial charge in [0.1, 0.15) is 0 Å². The molecule has 1 N–H and O–H groups in total. The van der Waals surface area contributed by atoms with E-state index in [9.17, 15) is 5.11 Å². The molecule has 0 aromatic rings. The Morgan fingerprint density at radius 1 is 0.880 bits per heavy atom. The molecule has 0 radical (unpaired) electrons. The molecule has 0 spiro atoms. The monoisotopic (exact) mass is 346 g/mol. The summed E-state index contributed by atoms with van der Waals surface area (Å²) in [6.45, 7) is 8.24. The zero-order chi connectivity index (χ0) is 17.7. The molecule has 0 aliphatic heterocycles. The molecule has 0 heterocycles. The summed E-state index contributed by atoms with van der Waals surface area (Å²) in [7, 11) is 0. The van der Waals surface area contributed by atoms with Crippen LogP contribution in [0.4, 0.5) is 0 Å². The molecule has 0 aromatic heterocycles. The van der Waals surface area contributed by atoms with Crippen LogP contribution >= 0.6 is 0 Å². The Bertz CT molecular complexity index is 473. The van der Waals surface area contributed by atoms with E-state index in [2.05, 4.69) is 20.8 Å². The molecule has 2 unspecified atom stereocenters. The van der Waals surface area contributed by atoms with Gasteiger partial charge in [0.15, 0.2) is 0 Å². The SMILES string of the molecule is CC(CCCO)C1CC[C@H]2[C@@H]3CC[C@@H]4CCCC[C@]4(C)[C@H]3CC[C@]12C. The fourth-order valence-corrected chi connectivity index (χ4v) is 8.88. The lowest BCUT2D eigenvalue weighted by molar-refractivity contribution is -0.114. The lowest BCUT2D eigenvalue weighted by Gasteiger charge is -2.61. The molecule has 0 aromatic carbocycles. The van der Waals surface area contributed by atoms with Crippen molar-refractivity contribution in [1.29, 1.82) is 0 Å². The first-order chi connectivity index (χ1) is 12.0. The summed E-state index contributed by atoms with van der Waals surface area (Å²) in [6, 6.07) is 0. The van der Waals surface area contributed by atoms with Gasteiger partial charge in [0.25, 0.3) is 0 Å². The Labute approximate surface area is 156 Å². The van der Waals surface area contributed by atoms with E-state index in [1.165, 1.54) is 64.2 Å². The topological polar surface area (TPSA) is 20.2 Å². The van der Waals surface area contributed by atoms with Crippen molar-refractivity contribution in [3.8, 4) is 0 Å². The largest absolute Gasteiger partial charge is 0.396 e. The van der Waals surface area contributed by atoms with Gasteiger partial charge in [-0.25, -0.2) is 0 Å². The van der Waals surface area contributed by atoms with Crippen LogP contribution in [0.15, 0.2) is 0 Å². The molecule has 4 aliphatic carbocycles. The number of fused-ring (bicyclic) bond motifs is 5. The van der Waals surface area contributed by atoms with E-state index in [4.69, 9.17) is 0 Å². The normalized spacial score (nSPS) is 50.6. The van der Waals surface area contributed by atoms with E-state index < -0.39 is 0 Å². The quantitative estimate of drug-likeness (QED) is 0.620. The Balaban J connectivity index is 1.53. The molecule has 0 amide bonds. The zero-order valence-corrected chi connectivity index (χ0v) is 17.1. The summed E-state index contributed by atoms with van der Waals surface area (Å²) in [5.74, 6) is 5.85. The molecule has 25 heavy (non-hydrogen) atoms. The summed E-state index contributed by atoms with van der Waals surface area (Å²) in [4.78, 5) is 0. The third-order valence-electron chi connectivity index (χ3n) is 10.2. The fourth-order valence-electron chi connectivity index (χ4n) is 8.88. The molecular weight excluding hydrogens is 304 g/mol. The number of aliphatic hydroxyl groups is 1. The lowest BCUT2D eigenvalue weighted by Crippen LogP contribution is -2.53.